The van der Waals surface area contributed by atoms with Crippen LogP contribution in [0.15, 0.2) is 59.7 Å². The summed E-state index contributed by atoms with van der Waals surface area (Å²) in [7, 11) is 1.64. The van der Waals surface area contributed by atoms with Crippen LogP contribution < -0.4 is 16.0 Å². The number of hydrogen-bond acceptors (Lipinski definition) is 2. The number of fused-ring (bicyclic) bond motifs is 1. The number of anilines is 1. The molecular formula is C20H22FN5O. The lowest BCUT2D eigenvalue weighted by atomic mass is 10.1. The van der Waals surface area contributed by atoms with E-state index in [1.807, 2.05) is 36.5 Å². The summed E-state index contributed by atoms with van der Waals surface area (Å²) < 4.78 is 13.4. The first-order valence-corrected chi connectivity index (χ1v) is 8.70. The Hall–Kier alpha value is -3.35. The number of amides is 1. The van der Waals surface area contributed by atoms with Crippen LogP contribution in [0.4, 0.5) is 10.1 Å². The van der Waals surface area contributed by atoms with E-state index >= 15 is 0 Å². The first-order valence-electron chi connectivity index (χ1n) is 8.70. The zero-order valence-electron chi connectivity index (χ0n) is 15.1. The lowest BCUT2D eigenvalue weighted by Gasteiger charge is -2.12. The minimum atomic E-state index is -0.252. The lowest BCUT2D eigenvalue weighted by molar-refractivity contribution is -0.115. The Morgan fingerprint density at radius 2 is 1.96 bits per heavy atom. The van der Waals surface area contributed by atoms with Crippen LogP contribution in [0.3, 0.4) is 0 Å². The summed E-state index contributed by atoms with van der Waals surface area (Å²) in [5, 5.41) is 9.81. The van der Waals surface area contributed by atoms with Gasteiger partial charge in [-0.25, -0.2) is 4.39 Å². The zero-order chi connectivity index (χ0) is 19.1. The number of benzene rings is 2. The highest BCUT2D eigenvalue weighted by atomic mass is 19.1. The molecule has 1 aromatic heterocycles. The van der Waals surface area contributed by atoms with Gasteiger partial charge < -0.3 is 20.9 Å². The number of H-pyrrole nitrogens is 1. The molecule has 0 spiro atoms. The number of nitrogens with zero attached hydrogens (tertiary/aromatic N) is 1. The highest BCUT2D eigenvalue weighted by Gasteiger charge is 2.07. The molecule has 0 radical (unpaired) electrons. The van der Waals surface area contributed by atoms with Gasteiger partial charge in [-0.15, -0.1) is 0 Å². The summed E-state index contributed by atoms with van der Waals surface area (Å²) in [6.45, 7) is 0.705. The van der Waals surface area contributed by atoms with Gasteiger partial charge in [-0.1, -0.05) is 18.2 Å². The SMILES string of the molecule is CN=C(NCCc1c[nH]c2ccc(F)cc12)NCC(=O)Nc1ccccc1. The van der Waals surface area contributed by atoms with E-state index in [0.717, 1.165) is 22.2 Å². The van der Waals surface area contributed by atoms with E-state index in [4.69, 9.17) is 0 Å². The molecule has 0 aliphatic heterocycles. The van der Waals surface area contributed by atoms with Crippen molar-refractivity contribution in [2.24, 2.45) is 4.99 Å². The molecule has 0 fully saturated rings. The van der Waals surface area contributed by atoms with Crippen molar-refractivity contribution in [2.75, 3.05) is 25.5 Å². The first kappa shape index (κ1) is 18.4. The molecule has 0 saturated heterocycles. The molecule has 140 valence electrons. The number of guanidine groups is 1. The normalized spacial score (nSPS) is 11.4. The second kappa shape index (κ2) is 8.84. The van der Waals surface area contributed by atoms with Gasteiger partial charge in [-0.3, -0.25) is 9.79 Å². The van der Waals surface area contributed by atoms with Gasteiger partial charge >= 0.3 is 0 Å². The number of para-hydroxylation sites is 1. The third-order valence-corrected chi connectivity index (χ3v) is 4.11. The molecule has 3 rings (SSSR count). The van der Waals surface area contributed by atoms with Gasteiger partial charge in [0.05, 0.1) is 6.54 Å². The maximum absolute atomic E-state index is 13.4. The highest BCUT2D eigenvalue weighted by molar-refractivity contribution is 5.95. The van der Waals surface area contributed by atoms with Crippen molar-refractivity contribution in [3.05, 3.63) is 66.1 Å². The number of hydrogen-bond donors (Lipinski definition) is 4. The summed E-state index contributed by atoms with van der Waals surface area (Å²) in [6, 6.07) is 14.0. The predicted molar refractivity (Wildman–Crippen MR) is 106 cm³/mol. The minimum absolute atomic E-state index is 0.104. The number of carbonyl (C=O) groups is 1. The Bertz CT molecular complexity index is 936. The van der Waals surface area contributed by atoms with E-state index in [2.05, 4.69) is 25.9 Å². The summed E-state index contributed by atoms with van der Waals surface area (Å²) in [4.78, 5) is 19.2. The van der Waals surface area contributed by atoms with Gasteiger partial charge in [0.15, 0.2) is 5.96 Å². The second-order valence-corrected chi connectivity index (χ2v) is 6.02. The first-order chi connectivity index (χ1) is 13.2. The average Bonchev–Trinajstić information content (AvgIpc) is 3.07. The number of carbonyl (C=O) groups excluding carboxylic acids is 1. The van der Waals surface area contributed by atoms with Crippen LogP contribution in [0.25, 0.3) is 10.9 Å². The molecule has 2 aromatic carbocycles. The minimum Gasteiger partial charge on any atom is -0.361 e. The summed E-state index contributed by atoms with van der Waals surface area (Å²) in [5.41, 5.74) is 2.68. The van der Waals surface area contributed by atoms with Gasteiger partial charge in [0, 0.05) is 36.4 Å². The second-order valence-electron chi connectivity index (χ2n) is 6.02. The van der Waals surface area contributed by atoms with Crippen molar-refractivity contribution >= 4 is 28.5 Å². The highest BCUT2D eigenvalue weighted by Crippen LogP contribution is 2.19. The predicted octanol–water partition coefficient (Wildman–Crippen LogP) is 2.65. The molecule has 0 saturated carbocycles. The molecule has 1 heterocycles. The van der Waals surface area contributed by atoms with E-state index < -0.39 is 0 Å². The third-order valence-electron chi connectivity index (χ3n) is 4.11. The molecule has 0 atom stereocenters. The number of nitrogens with one attached hydrogen (secondary N) is 4. The van der Waals surface area contributed by atoms with Gasteiger partial charge in [0.25, 0.3) is 0 Å². The third kappa shape index (κ3) is 5.07. The van der Waals surface area contributed by atoms with Gasteiger partial charge in [0.1, 0.15) is 5.82 Å². The molecule has 0 aliphatic carbocycles. The molecule has 27 heavy (non-hydrogen) atoms. The average molecular weight is 367 g/mol. The maximum atomic E-state index is 13.4. The van der Waals surface area contributed by atoms with Crippen molar-refractivity contribution in [1.29, 1.82) is 0 Å². The Balaban J connectivity index is 1.46. The summed E-state index contributed by atoms with van der Waals surface area (Å²) in [5.74, 6) is 0.124. The Morgan fingerprint density at radius 3 is 2.74 bits per heavy atom. The van der Waals surface area contributed by atoms with Gasteiger partial charge in [-0.2, -0.15) is 0 Å². The number of aliphatic imine (C=N–C) groups is 1. The maximum Gasteiger partial charge on any atom is 0.243 e. The van der Waals surface area contributed by atoms with Crippen molar-refractivity contribution < 1.29 is 9.18 Å². The van der Waals surface area contributed by atoms with Crippen LogP contribution in [-0.2, 0) is 11.2 Å². The fraction of sp³-hybridized carbons (Fsp3) is 0.200. The molecule has 4 N–H and O–H groups in total. The van der Waals surface area contributed by atoms with Crippen LogP contribution in [0, 0.1) is 5.82 Å². The molecule has 0 unspecified atom stereocenters. The van der Waals surface area contributed by atoms with E-state index in [1.54, 1.807) is 13.1 Å². The van der Waals surface area contributed by atoms with E-state index in [1.165, 1.54) is 12.1 Å². The number of halogens is 1. The summed E-state index contributed by atoms with van der Waals surface area (Å²) in [6.07, 6.45) is 2.58. The van der Waals surface area contributed by atoms with Gasteiger partial charge in [-0.05, 0) is 42.3 Å². The van der Waals surface area contributed by atoms with Crippen LogP contribution >= 0.6 is 0 Å². The number of aromatic amines is 1. The van der Waals surface area contributed by atoms with E-state index in [-0.39, 0.29) is 18.3 Å². The van der Waals surface area contributed by atoms with Crippen LogP contribution in [0.1, 0.15) is 5.56 Å². The fourth-order valence-corrected chi connectivity index (χ4v) is 2.78. The van der Waals surface area contributed by atoms with Crippen molar-refractivity contribution in [3.8, 4) is 0 Å². The van der Waals surface area contributed by atoms with Crippen molar-refractivity contribution in [2.45, 2.75) is 6.42 Å². The Labute approximate surface area is 156 Å². The van der Waals surface area contributed by atoms with Crippen molar-refractivity contribution in [1.82, 2.24) is 15.6 Å². The summed E-state index contributed by atoms with van der Waals surface area (Å²) >= 11 is 0. The number of aromatic nitrogens is 1. The largest absolute Gasteiger partial charge is 0.361 e. The molecule has 0 aliphatic rings. The molecule has 7 heteroatoms. The van der Waals surface area contributed by atoms with Crippen LogP contribution in [0.5, 0.6) is 0 Å². The van der Waals surface area contributed by atoms with E-state index in [0.29, 0.717) is 18.9 Å². The molecular weight excluding hydrogens is 345 g/mol. The van der Waals surface area contributed by atoms with Gasteiger partial charge in [0.2, 0.25) is 5.91 Å². The van der Waals surface area contributed by atoms with Crippen LogP contribution in [0.2, 0.25) is 0 Å². The Kier molecular flexibility index (Phi) is 6.04. The number of rotatable bonds is 6. The molecule has 1 amide bonds. The standard InChI is InChI=1S/C20H22FN5O/c1-22-20(25-13-19(27)26-16-5-3-2-4-6-16)23-10-9-14-12-24-18-8-7-15(21)11-17(14)18/h2-8,11-12,24H,9-10,13H2,1H3,(H,26,27)(H2,22,23,25). The fourth-order valence-electron chi connectivity index (χ4n) is 2.78. The molecule has 6 nitrogen and oxygen atoms in total. The molecule has 0 bridgehead atoms. The monoisotopic (exact) mass is 367 g/mol. The topological polar surface area (TPSA) is 81.3 Å². The smallest absolute Gasteiger partial charge is 0.243 e. The van der Waals surface area contributed by atoms with Crippen molar-refractivity contribution in [3.63, 3.8) is 0 Å². The Morgan fingerprint density at radius 1 is 1.15 bits per heavy atom. The molecule has 3 aromatic rings. The quantitative estimate of drug-likeness (QED) is 0.399. The van der Waals surface area contributed by atoms with E-state index in [9.17, 15) is 9.18 Å². The zero-order valence-corrected chi connectivity index (χ0v) is 15.1. The lowest BCUT2D eigenvalue weighted by Crippen LogP contribution is -2.42. The van der Waals surface area contributed by atoms with Crippen LogP contribution in [-0.4, -0.2) is 37.0 Å².